The van der Waals surface area contributed by atoms with E-state index in [1.165, 1.54) is 0 Å². The Balaban J connectivity index is 0.000000388. The van der Waals surface area contributed by atoms with E-state index in [9.17, 15) is 10.2 Å². The molecule has 1 aliphatic carbocycles. The van der Waals surface area contributed by atoms with Crippen LogP contribution < -0.4 is 49.6 Å². The first-order valence-electron chi connectivity index (χ1n) is 26.9. The van der Waals surface area contributed by atoms with Crippen LogP contribution in [0, 0.1) is 0 Å². The van der Waals surface area contributed by atoms with E-state index < -0.39 is 11.2 Å². The van der Waals surface area contributed by atoms with Crippen molar-refractivity contribution in [1.82, 2.24) is 59.8 Å². The van der Waals surface area contributed by atoms with Crippen LogP contribution in [0.5, 0.6) is 0 Å². The molecule has 12 aromatic heterocycles. The van der Waals surface area contributed by atoms with Gasteiger partial charge >= 0.3 is 39.6 Å². The van der Waals surface area contributed by atoms with Crippen LogP contribution in [0.1, 0.15) is 37.1 Å². The average Bonchev–Trinajstić information content (AvgIpc) is 3.34. The van der Waals surface area contributed by atoms with Gasteiger partial charge in [0.2, 0.25) is 0 Å². The molecule has 14 nitrogen and oxygen atoms in total. The van der Waals surface area contributed by atoms with Crippen molar-refractivity contribution in [2.24, 2.45) is 0 Å². The predicted octanol–water partition coefficient (Wildman–Crippen LogP) is 1.01. The van der Waals surface area contributed by atoms with Crippen LogP contribution in [0.4, 0.5) is 0 Å². The Morgan fingerprint density at radius 3 is 0.659 bits per heavy atom. The van der Waals surface area contributed by atoms with Crippen LogP contribution in [-0.2, 0) is 52.4 Å². The molecule has 0 spiro atoms. The zero-order chi connectivity index (χ0) is 56.3. The van der Waals surface area contributed by atoms with Crippen molar-refractivity contribution in [3.63, 3.8) is 0 Å². The van der Waals surface area contributed by atoms with E-state index in [2.05, 4.69) is 39.9 Å². The summed E-state index contributed by atoms with van der Waals surface area (Å²) >= 11 is 0. The molecule has 2 radical (unpaired) electrons. The summed E-state index contributed by atoms with van der Waals surface area (Å²) in [6.07, 6.45) is 20.3. The van der Waals surface area contributed by atoms with Gasteiger partial charge in [-0.15, -0.1) is 0 Å². The van der Waals surface area contributed by atoms with E-state index in [4.69, 9.17) is 19.9 Å². The van der Waals surface area contributed by atoms with Gasteiger partial charge in [-0.25, -0.2) is 9.97 Å². The first-order valence-corrected chi connectivity index (χ1v) is 26.9. The van der Waals surface area contributed by atoms with Gasteiger partial charge in [0.15, 0.2) is 0 Å². The Bertz CT molecular complexity index is 3380. The number of aromatic nitrogens is 12. The van der Waals surface area contributed by atoms with Gasteiger partial charge in [-0.2, -0.15) is 0 Å². The van der Waals surface area contributed by atoms with Gasteiger partial charge in [0.25, 0.3) is 0 Å². The zero-order valence-corrected chi connectivity index (χ0v) is 55.4. The van der Waals surface area contributed by atoms with Crippen molar-refractivity contribution in [3.8, 4) is 68.3 Å². The van der Waals surface area contributed by atoms with Crippen LogP contribution >= 0.6 is 0 Å². The number of nitrogens with zero attached hydrogens (tertiary/aromatic N) is 12. The molecule has 13 rings (SSSR count). The van der Waals surface area contributed by atoms with E-state index in [1.54, 1.807) is 62.0 Å². The minimum atomic E-state index is -0.952. The van der Waals surface area contributed by atoms with Crippen LogP contribution in [0.3, 0.4) is 0 Å². The minimum absolute atomic E-state index is 0. The SMILES string of the molecule is OC1(Cc2cccc(-c3cccc(-c4ccccn4)n3)n2)CCC(O)(Cc2cccc(-c3cccc(-c4ccccn4)n3)n2)CC1.[Cl-].[Cl-].[Cl-].[Cl-].[Os+].[Os+].c1ccc(-c2ccccn2)nc1.c1ccc(-c2ccccn2)nc1.c1ccncc1.c1ccncc1. The largest absolute Gasteiger partial charge is 1.00 e. The third kappa shape index (κ3) is 23.7. The molecule has 20 heteroatoms. The fourth-order valence-electron chi connectivity index (χ4n) is 8.80. The molecule has 2 N–H and O–H groups in total. The Morgan fingerprint density at radius 2 is 0.443 bits per heavy atom. The van der Waals surface area contributed by atoms with Crippen molar-refractivity contribution in [2.75, 3.05) is 0 Å². The summed E-state index contributed by atoms with van der Waals surface area (Å²) in [5.74, 6) is 0. The molecule has 1 aliphatic rings. The van der Waals surface area contributed by atoms with Crippen LogP contribution in [-0.4, -0.2) is 81.2 Å². The molecular formula is C68H60Cl4N12O2Os2-2. The molecule has 1 saturated carbocycles. The van der Waals surface area contributed by atoms with Crippen molar-refractivity contribution < 1.29 is 99.4 Å². The summed E-state index contributed by atoms with van der Waals surface area (Å²) in [6, 6.07) is 69.4. The fourth-order valence-corrected chi connectivity index (χ4v) is 8.80. The van der Waals surface area contributed by atoms with Gasteiger partial charge < -0.3 is 59.8 Å². The quantitative estimate of drug-likeness (QED) is 0.197. The molecule has 88 heavy (non-hydrogen) atoms. The number of hydrogen-bond acceptors (Lipinski definition) is 14. The molecule has 12 heterocycles. The summed E-state index contributed by atoms with van der Waals surface area (Å²) in [6.45, 7) is 0. The number of halogens is 4. The molecule has 1 fully saturated rings. The van der Waals surface area contributed by atoms with Gasteiger partial charge in [-0.05, 0) is 171 Å². The molecular weight excluding hydrogens is 1540 g/mol. The normalized spacial score (nSPS) is 13.9. The number of pyridine rings is 12. The summed E-state index contributed by atoms with van der Waals surface area (Å²) in [5.41, 5.74) is 9.52. The predicted molar refractivity (Wildman–Crippen MR) is 321 cm³/mol. The molecule has 0 atom stereocenters. The number of rotatable bonds is 10. The Hall–Kier alpha value is -7.85. The summed E-state index contributed by atoms with van der Waals surface area (Å²) < 4.78 is 0. The first kappa shape index (κ1) is 74.4. The van der Waals surface area contributed by atoms with E-state index in [0.29, 0.717) is 38.5 Å². The van der Waals surface area contributed by atoms with Crippen LogP contribution in [0.25, 0.3) is 68.3 Å². The minimum Gasteiger partial charge on any atom is -1.00 e. The van der Waals surface area contributed by atoms with Crippen LogP contribution in [0.2, 0.25) is 0 Å². The smallest absolute Gasteiger partial charge is 1.00 e. The van der Waals surface area contributed by atoms with Crippen molar-refractivity contribution in [3.05, 3.63) is 292 Å². The van der Waals surface area contributed by atoms with Crippen LogP contribution in [0.15, 0.2) is 280 Å². The molecule has 0 unspecified atom stereocenters. The maximum absolute atomic E-state index is 11.6. The van der Waals surface area contributed by atoms with E-state index >= 15 is 0 Å². The van der Waals surface area contributed by atoms with Gasteiger partial charge in [-0.3, -0.25) is 49.8 Å². The summed E-state index contributed by atoms with van der Waals surface area (Å²) in [7, 11) is 0. The molecule has 0 bridgehead atoms. The molecule has 450 valence electrons. The van der Waals surface area contributed by atoms with Gasteiger partial charge in [-0.1, -0.05) is 72.8 Å². The topological polar surface area (TPSA) is 195 Å². The standard InChI is InChI=1S/C38H34N6O2.2C10H8N2.2C5H5N.4ClH.2Os/c45-37(25-27-9-5-13-33(41-27)35-17-7-15-31(43-35)29-11-1-3-23-39-29)19-21-38(46,22-20-37)26-28-10-6-14-34(42-28)36-18-8-16-32(44-36)30-12-2-4-24-40-30;2*1-3-7-11-9(5-1)10-6-2-4-8-12-10;2*1-2-4-6-5-3-1;;;;;;/h1-18,23-24,45-46H,19-22,25-26H2;2*1-8H;2*1-5H;4*1H;;/q;;;;;;;;;2*+1/p-4. The average molecular weight is 1600 g/mol. The molecule has 0 saturated heterocycles. The Kier molecular flexibility index (Phi) is 33.7. The van der Waals surface area contributed by atoms with E-state index in [-0.39, 0.29) is 89.2 Å². The zero-order valence-electron chi connectivity index (χ0n) is 47.3. The first-order chi connectivity index (χ1) is 40.4. The second-order valence-electron chi connectivity index (χ2n) is 19.0. The maximum Gasteiger partial charge on any atom is 1.00 e. The molecule has 12 aromatic rings. The molecule has 0 aliphatic heterocycles. The second-order valence-corrected chi connectivity index (χ2v) is 19.0. The van der Waals surface area contributed by atoms with E-state index in [0.717, 1.165) is 79.7 Å². The van der Waals surface area contributed by atoms with Crippen molar-refractivity contribution >= 4 is 0 Å². The monoisotopic (exact) mass is 1600 g/mol. The summed E-state index contributed by atoms with van der Waals surface area (Å²) in [5, 5.41) is 23.2. The Labute approximate surface area is 564 Å². The number of hydrogen-bond donors (Lipinski definition) is 2. The fraction of sp³-hybridized carbons (Fsp3) is 0.118. The van der Waals surface area contributed by atoms with Crippen molar-refractivity contribution in [2.45, 2.75) is 49.7 Å². The molecule has 0 aromatic carbocycles. The Morgan fingerprint density at radius 1 is 0.239 bits per heavy atom. The van der Waals surface area contributed by atoms with Gasteiger partial charge in [0, 0.05) is 86.2 Å². The maximum atomic E-state index is 11.6. The van der Waals surface area contributed by atoms with E-state index in [1.807, 2.05) is 218 Å². The number of aliphatic hydroxyl groups is 2. The second kappa shape index (κ2) is 39.8. The third-order valence-electron chi connectivity index (χ3n) is 12.9. The third-order valence-corrected chi connectivity index (χ3v) is 12.9. The summed E-state index contributed by atoms with van der Waals surface area (Å²) in [4.78, 5) is 52.4. The van der Waals surface area contributed by atoms with Gasteiger partial charge in [0.05, 0.1) is 79.5 Å². The molecule has 0 amide bonds. The van der Waals surface area contributed by atoms with Gasteiger partial charge in [0.1, 0.15) is 0 Å². The van der Waals surface area contributed by atoms with Crippen molar-refractivity contribution in [1.29, 1.82) is 0 Å².